The van der Waals surface area contributed by atoms with Crippen molar-refractivity contribution in [2.75, 3.05) is 7.05 Å². The maximum atomic E-state index is 12.3. The Morgan fingerprint density at radius 2 is 1.76 bits per heavy atom. The van der Waals surface area contributed by atoms with E-state index in [4.69, 9.17) is 4.98 Å². The molecule has 0 aliphatic rings. The molecule has 0 spiro atoms. The Morgan fingerprint density at radius 3 is 2.59 bits per heavy atom. The van der Waals surface area contributed by atoms with Crippen LogP contribution in [0.25, 0.3) is 33.3 Å². The van der Waals surface area contributed by atoms with Crippen molar-refractivity contribution in [1.29, 1.82) is 0 Å². The van der Waals surface area contributed by atoms with Gasteiger partial charge in [0, 0.05) is 42.6 Å². The predicted molar refractivity (Wildman–Crippen MR) is 129 cm³/mol. The van der Waals surface area contributed by atoms with E-state index in [-0.39, 0.29) is 24.5 Å². The summed E-state index contributed by atoms with van der Waals surface area (Å²) in [6, 6.07) is 21.2. The van der Waals surface area contributed by atoms with E-state index in [0.717, 1.165) is 27.7 Å². The molecule has 0 unspecified atom stereocenters. The van der Waals surface area contributed by atoms with E-state index >= 15 is 0 Å². The molecule has 8 heteroatoms. The maximum Gasteiger partial charge on any atom is 0.220 e. The van der Waals surface area contributed by atoms with Crippen molar-refractivity contribution in [3.8, 4) is 11.3 Å². The first-order valence-corrected chi connectivity index (χ1v) is 11.0. The summed E-state index contributed by atoms with van der Waals surface area (Å²) in [5.74, 6) is -0.209. The molecule has 1 amide bonds. The minimum absolute atomic E-state index is 0.0635. The van der Waals surface area contributed by atoms with E-state index in [0.29, 0.717) is 23.3 Å². The summed E-state index contributed by atoms with van der Waals surface area (Å²) in [7, 11) is 1.56. The van der Waals surface area contributed by atoms with Crippen LogP contribution in [0, 0.1) is 0 Å². The number of carbonyl (C=O) groups is 2. The molecule has 8 nitrogen and oxygen atoms in total. The van der Waals surface area contributed by atoms with Crippen LogP contribution in [0.3, 0.4) is 0 Å². The lowest BCUT2D eigenvalue weighted by Gasteiger charge is -2.06. The number of hydrogen-bond donors (Lipinski definition) is 1. The Hall–Kier alpha value is -4.46. The molecule has 168 valence electrons. The van der Waals surface area contributed by atoms with Gasteiger partial charge in [-0.05, 0) is 35.9 Å². The molecule has 0 aliphatic heterocycles. The van der Waals surface area contributed by atoms with Gasteiger partial charge in [-0.15, -0.1) is 5.10 Å². The molecule has 0 saturated carbocycles. The topological polar surface area (TPSA) is 103 Å². The fraction of sp³-hybridized carbons (Fsp3) is 0.154. The van der Waals surface area contributed by atoms with Crippen LogP contribution in [0.5, 0.6) is 0 Å². The molecular formula is C26H22N6O2. The van der Waals surface area contributed by atoms with Gasteiger partial charge in [-0.25, -0.2) is 9.67 Å². The lowest BCUT2D eigenvalue weighted by molar-refractivity contribution is -0.120. The number of amides is 1. The smallest absolute Gasteiger partial charge is 0.220 e. The van der Waals surface area contributed by atoms with Gasteiger partial charge in [0.05, 0.1) is 17.8 Å². The molecule has 0 radical (unpaired) electrons. The number of hydrogen-bond acceptors (Lipinski definition) is 6. The summed E-state index contributed by atoms with van der Waals surface area (Å²) >= 11 is 0. The van der Waals surface area contributed by atoms with E-state index in [1.165, 1.54) is 0 Å². The molecular weight excluding hydrogens is 428 g/mol. The van der Waals surface area contributed by atoms with Crippen LogP contribution in [0.4, 0.5) is 0 Å². The van der Waals surface area contributed by atoms with E-state index in [2.05, 4.69) is 26.7 Å². The number of rotatable bonds is 7. The van der Waals surface area contributed by atoms with Gasteiger partial charge in [-0.1, -0.05) is 41.6 Å². The first-order valence-electron chi connectivity index (χ1n) is 11.0. The molecule has 5 aromatic rings. The van der Waals surface area contributed by atoms with Crippen LogP contribution >= 0.6 is 0 Å². The summed E-state index contributed by atoms with van der Waals surface area (Å²) in [6.45, 7) is 0.538. The number of nitrogens with zero attached hydrogens (tertiary/aromatic N) is 5. The monoisotopic (exact) mass is 450 g/mol. The largest absolute Gasteiger partial charge is 0.359 e. The highest BCUT2D eigenvalue weighted by molar-refractivity contribution is 5.98. The van der Waals surface area contributed by atoms with Gasteiger partial charge in [-0.3, -0.25) is 14.6 Å². The molecule has 5 rings (SSSR count). The van der Waals surface area contributed by atoms with Crippen LogP contribution in [-0.2, 0) is 11.3 Å². The Labute approximate surface area is 195 Å². The van der Waals surface area contributed by atoms with Crippen LogP contribution in [0.1, 0.15) is 28.8 Å². The Kier molecular flexibility index (Phi) is 5.78. The number of pyridine rings is 2. The van der Waals surface area contributed by atoms with Crippen LogP contribution in [0.15, 0.2) is 72.9 Å². The van der Waals surface area contributed by atoms with E-state index in [1.54, 1.807) is 30.1 Å². The standard InChI is InChI=1S/C26H22N6O2/c1-27-25(34)13-12-24(33)19-7-5-18(6-8-19)22-10-11-23-26(29-22)32(31-30-23)16-17-4-9-21-20(15-17)3-2-14-28-21/h2-11,14-15H,12-13,16H2,1H3,(H,27,34). The van der Waals surface area contributed by atoms with Gasteiger partial charge in [-0.2, -0.15) is 0 Å². The second kappa shape index (κ2) is 9.19. The number of aromatic nitrogens is 5. The molecule has 34 heavy (non-hydrogen) atoms. The Bertz CT molecular complexity index is 1510. The summed E-state index contributed by atoms with van der Waals surface area (Å²) in [5, 5.41) is 12.1. The molecule has 2 aromatic carbocycles. The van der Waals surface area contributed by atoms with Crippen LogP contribution in [0.2, 0.25) is 0 Å². The van der Waals surface area contributed by atoms with E-state index < -0.39 is 0 Å². The average molecular weight is 451 g/mol. The first-order chi connectivity index (χ1) is 16.6. The second-order valence-corrected chi connectivity index (χ2v) is 7.99. The average Bonchev–Trinajstić information content (AvgIpc) is 3.28. The van der Waals surface area contributed by atoms with Gasteiger partial charge in [0.25, 0.3) is 0 Å². The third-order valence-electron chi connectivity index (χ3n) is 5.72. The van der Waals surface area contributed by atoms with Gasteiger partial charge >= 0.3 is 0 Å². The normalized spacial score (nSPS) is 11.1. The highest BCUT2D eigenvalue weighted by Crippen LogP contribution is 2.22. The molecule has 3 aromatic heterocycles. The summed E-state index contributed by atoms with van der Waals surface area (Å²) < 4.78 is 1.78. The van der Waals surface area contributed by atoms with Gasteiger partial charge in [0.1, 0.15) is 5.52 Å². The first kappa shape index (κ1) is 21.4. The Balaban J connectivity index is 1.38. The predicted octanol–water partition coefficient (Wildman–Crippen LogP) is 3.80. The van der Waals surface area contributed by atoms with Crippen molar-refractivity contribution in [3.05, 3.63) is 84.1 Å². The third kappa shape index (κ3) is 4.38. The van der Waals surface area contributed by atoms with Crippen molar-refractivity contribution in [3.63, 3.8) is 0 Å². The zero-order valence-corrected chi connectivity index (χ0v) is 18.6. The zero-order valence-electron chi connectivity index (χ0n) is 18.6. The van der Waals surface area contributed by atoms with Crippen molar-refractivity contribution >= 4 is 33.8 Å². The van der Waals surface area contributed by atoms with Gasteiger partial charge < -0.3 is 5.32 Å². The molecule has 0 aliphatic carbocycles. The fourth-order valence-electron chi connectivity index (χ4n) is 3.84. The molecule has 3 heterocycles. The SMILES string of the molecule is CNC(=O)CCC(=O)c1ccc(-c2ccc3nnn(Cc4ccc5ncccc5c4)c3n2)cc1. The zero-order chi connectivity index (χ0) is 23.5. The molecule has 0 saturated heterocycles. The fourth-order valence-corrected chi connectivity index (χ4v) is 3.84. The number of benzene rings is 2. The van der Waals surface area contributed by atoms with Crippen molar-refractivity contribution in [1.82, 2.24) is 30.3 Å². The van der Waals surface area contributed by atoms with Crippen molar-refractivity contribution in [2.45, 2.75) is 19.4 Å². The quantitative estimate of drug-likeness (QED) is 0.379. The Morgan fingerprint density at radius 1 is 0.941 bits per heavy atom. The van der Waals surface area contributed by atoms with Crippen molar-refractivity contribution in [2.24, 2.45) is 0 Å². The van der Waals surface area contributed by atoms with Gasteiger partial charge in [0.2, 0.25) is 5.91 Å². The lowest BCUT2D eigenvalue weighted by atomic mass is 10.0. The van der Waals surface area contributed by atoms with Crippen LogP contribution < -0.4 is 5.32 Å². The highest BCUT2D eigenvalue weighted by atomic mass is 16.2. The van der Waals surface area contributed by atoms with Gasteiger partial charge in [0.15, 0.2) is 11.4 Å². The molecule has 0 fully saturated rings. The summed E-state index contributed by atoms with van der Waals surface area (Å²) in [5.41, 5.74) is 5.66. The minimum Gasteiger partial charge on any atom is -0.359 e. The lowest BCUT2D eigenvalue weighted by Crippen LogP contribution is -2.18. The summed E-state index contributed by atoms with van der Waals surface area (Å²) in [4.78, 5) is 32.9. The maximum absolute atomic E-state index is 12.3. The van der Waals surface area contributed by atoms with Crippen LogP contribution in [-0.4, -0.2) is 43.7 Å². The highest BCUT2D eigenvalue weighted by Gasteiger charge is 2.12. The van der Waals surface area contributed by atoms with Crippen molar-refractivity contribution < 1.29 is 9.59 Å². The molecule has 1 N–H and O–H groups in total. The third-order valence-corrected chi connectivity index (χ3v) is 5.72. The summed E-state index contributed by atoms with van der Waals surface area (Å²) in [6.07, 6.45) is 2.14. The minimum atomic E-state index is -0.145. The number of Topliss-reactive ketones (excluding diaryl/α,β-unsaturated/α-hetero) is 1. The number of nitrogens with one attached hydrogen (secondary N) is 1. The molecule has 0 atom stereocenters. The molecule has 0 bridgehead atoms. The van der Waals surface area contributed by atoms with E-state index in [1.807, 2.05) is 48.5 Å². The second-order valence-electron chi connectivity index (χ2n) is 7.99. The number of ketones is 1. The van der Waals surface area contributed by atoms with E-state index in [9.17, 15) is 9.59 Å². The number of carbonyl (C=O) groups excluding carboxylic acids is 2. The number of fused-ring (bicyclic) bond motifs is 2.